The molecule has 0 bridgehead atoms. The highest BCUT2D eigenvalue weighted by atomic mass is 32.2. The van der Waals surface area contributed by atoms with Gasteiger partial charge in [-0.15, -0.1) is 11.3 Å². The Labute approximate surface area is 115 Å². The Kier molecular flexibility index (Phi) is 4.25. The number of nitrogens with zero attached hydrogens (tertiary/aromatic N) is 2. The van der Waals surface area contributed by atoms with Gasteiger partial charge in [0.2, 0.25) is 0 Å². The van der Waals surface area contributed by atoms with Crippen LogP contribution in [-0.4, -0.2) is 18.4 Å². The lowest BCUT2D eigenvalue weighted by atomic mass is 10.3. The molecule has 2 rings (SSSR count). The predicted molar refractivity (Wildman–Crippen MR) is 73.0 cm³/mol. The van der Waals surface area contributed by atoms with Crippen molar-refractivity contribution < 1.29 is 8.42 Å². The van der Waals surface area contributed by atoms with Gasteiger partial charge in [0.05, 0.1) is 5.01 Å². The van der Waals surface area contributed by atoms with Crippen molar-refractivity contribution in [3.05, 3.63) is 40.0 Å². The van der Waals surface area contributed by atoms with Crippen molar-refractivity contribution in [1.82, 2.24) is 14.7 Å². The SMILES string of the molecule is Cc1ncc(CNS(=O)(=O)c2ccc(CN)cn2)s1. The molecule has 0 aliphatic carbocycles. The number of sulfonamides is 1. The summed E-state index contributed by atoms with van der Waals surface area (Å²) in [5, 5.41) is 0.894. The van der Waals surface area contributed by atoms with Crippen molar-refractivity contribution in [2.24, 2.45) is 5.73 Å². The first-order valence-corrected chi connectivity index (χ1v) is 7.87. The van der Waals surface area contributed by atoms with E-state index in [0.29, 0.717) is 6.54 Å². The van der Waals surface area contributed by atoms with Gasteiger partial charge in [-0.3, -0.25) is 0 Å². The van der Waals surface area contributed by atoms with E-state index >= 15 is 0 Å². The summed E-state index contributed by atoms with van der Waals surface area (Å²) in [5.74, 6) is 0. The van der Waals surface area contributed by atoms with Crippen molar-refractivity contribution in [2.75, 3.05) is 0 Å². The average Bonchev–Trinajstić information content (AvgIpc) is 2.82. The van der Waals surface area contributed by atoms with Crippen LogP contribution in [0.4, 0.5) is 0 Å². The van der Waals surface area contributed by atoms with Gasteiger partial charge in [0, 0.05) is 30.4 Å². The van der Waals surface area contributed by atoms with Crippen molar-refractivity contribution >= 4 is 21.4 Å². The van der Waals surface area contributed by atoms with E-state index in [0.717, 1.165) is 15.4 Å². The summed E-state index contributed by atoms with van der Waals surface area (Å²) in [7, 11) is -3.60. The van der Waals surface area contributed by atoms with E-state index < -0.39 is 10.0 Å². The molecule has 0 atom stereocenters. The second-order valence-corrected chi connectivity index (χ2v) is 6.91. The first-order chi connectivity index (χ1) is 9.01. The number of thiazole rings is 1. The molecule has 0 amide bonds. The molecule has 0 fully saturated rings. The largest absolute Gasteiger partial charge is 0.326 e. The van der Waals surface area contributed by atoms with Gasteiger partial charge in [-0.05, 0) is 18.6 Å². The first kappa shape index (κ1) is 14.1. The quantitative estimate of drug-likeness (QED) is 0.850. The zero-order chi connectivity index (χ0) is 13.9. The molecule has 0 aromatic carbocycles. The lowest BCUT2D eigenvalue weighted by Crippen LogP contribution is -2.23. The Balaban J connectivity index is 2.09. The monoisotopic (exact) mass is 298 g/mol. The Bertz CT molecular complexity index is 650. The Morgan fingerprint density at radius 1 is 1.32 bits per heavy atom. The number of nitrogens with one attached hydrogen (secondary N) is 1. The molecule has 3 N–H and O–H groups in total. The molecule has 0 aliphatic rings. The highest BCUT2D eigenvalue weighted by Gasteiger charge is 2.15. The highest BCUT2D eigenvalue weighted by Crippen LogP contribution is 2.13. The Morgan fingerprint density at radius 2 is 2.11 bits per heavy atom. The third-order valence-corrected chi connectivity index (χ3v) is 4.64. The standard InChI is InChI=1S/C11H14N4O2S2/c1-8-13-6-10(18-8)7-15-19(16,17)11-3-2-9(4-12)5-14-11/h2-3,5-6,15H,4,7,12H2,1H3. The molecule has 102 valence electrons. The normalized spacial score (nSPS) is 11.7. The molecule has 2 aromatic heterocycles. The summed E-state index contributed by atoms with van der Waals surface area (Å²) in [5.41, 5.74) is 6.22. The molecule has 8 heteroatoms. The molecular weight excluding hydrogens is 284 g/mol. The van der Waals surface area contributed by atoms with Crippen LogP contribution in [0.1, 0.15) is 15.4 Å². The van der Waals surface area contributed by atoms with Crippen LogP contribution in [0.15, 0.2) is 29.6 Å². The van der Waals surface area contributed by atoms with E-state index in [9.17, 15) is 8.42 Å². The molecule has 19 heavy (non-hydrogen) atoms. The highest BCUT2D eigenvalue weighted by molar-refractivity contribution is 7.89. The van der Waals surface area contributed by atoms with Crippen molar-refractivity contribution in [3.8, 4) is 0 Å². The predicted octanol–water partition coefficient (Wildman–Crippen LogP) is 0.784. The second-order valence-electron chi connectivity index (χ2n) is 3.88. The number of rotatable bonds is 5. The van der Waals surface area contributed by atoms with Gasteiger partial charge in [-0.25, -0.2) is 23.1 Å². The summed E-state index contributed by atoms with van der Waals surface area (Å²) in [6, 6.07) is 3.10. The van der Waals surface area contributed by atoms with Gasteiger partial charge in [-0.1, -0.05) is 6.07 Å². The van der Waals surface area contributed by atoms with Crippen LogP contribution in [0, 0.1) is 6.92 Å². The molecule has 0 saturated carbocycles. The second kappa shape index (κ2) is 5.74. The molecule has 0 radical (unpaired) electrons. The third kappa shape index (κ3) is 3.57. The number of pyridine rings is 1. The Morgan fingerprint density at radius 3 is 2.63 bits per heavy atom. The maximum absolute atomic E-state index is 12.0. The fraction of sp³-hybridized carbons (Fsp3) is 0.273. The summed E-state index contributed by atoms with van der Waals surface area (Å²) in [6.45, 7) is 2.42. The minimum atomic E-state index is -3.60. The number of nitrogens with two attached hydrogens (primary N) is 1. The number of aryl methyl sites for hydroxylation is 1. The van der Waals surface area contributed by atoms with Crippen LogP contribution in [-0.2, 0) is 23.1 Å². The Hall–Kier alpha value is -1.35. The van der Waals surface area contributed by atoms with E-state index in [1.54, 1.807) is 12.3 Å². The zero-order valence-corrected chi connectivity index (χ0v) is 12.0. The van der Waals surface area contributed by atoms with Crippen LogP contribution in [0.2, 0.25) is 0 Å². The van der Waals surface area contributed by atoms with E-state index in [-0.39, 0.29) is 11.6 Å². The van der Waals surface area contributed by atoms with Crippen LogP contribution < -0.4 is 10.5 Å². The fourth-order valence-corrected chi connectivity index (χ4v) is 3.18. The van der Waals surface area contributed by atoms with E-state index in [1.807, 2.05) is 6.92 Å². The summed E-state index contributed by atoms with van der Waals surface area (Å²) in [4.78, 5) is 8.82. The van der Waals surface area contributed by atoms with Crippen LogP contribution in [0.3, 0.4) is 0 Å². The van der Waals surface area contributed by atoms with Gasteiger partial charge in [0.25, 0.3) is 10.0 Å². The van der Waals surface area contributed by atoms with Crippen molar-refractivity contribution in [3.63, 3.8) is 0 Å². The minimum absolute atomic E-state index is 0.00839. The topological polar surface area (TPSA) is 98.0 Å². The smallest absolute Gasteiger partial charge is 0.258 e. The fourth-order valence-electron chi connectivity index (χ4n) is 1.42. The summed E-state index contributed by atoms with van der Waals surface area (Å²) in [6.07, 6.45) is 3.12. The van der Waals surface area contributed by atoms with Gasteiger partial charge in [-0.2, -0.15) is 0 Å². The average molecular weight is 298 g/mol. The number of hydrogen-bond donors (Lipinski definition) is 2. The molecule has 2 heterocycles. The third-order valence-electron chi connectivity index (χ3n) is 2.41. The molecule has 0 unspecified atom stereocenters. The summed E-state index contributed by atoms with van der Waals surface area (Å²) < 4.78 is 26.5. The van der Waals surface area contributed by atoms with Gasteiger partial charge in [0.15, 0.2) is 5.03 Å². The number of hydrogen-bond acceptors (Lipinski definition) is 6. The van der Waals surface area contributed by atoms with E-state index in [2.05, 4.69) is 14.7 Å². The molecule has 6 nitrogen and oxygen atoms in total. The van der Waals surface area contributed by atoms with Gasteiger partial charge < -0.3 is 5.73 Å². The van der Waals surface area contributed by atoms with Crippen LogP contribution in [0.25, 0.3) is 0 Å². The minimum Gasteiger partial charge on any atom is -0.326 e. The number of aromatic nitrogens is 2. The van der Waals surface area contributed by atoms with E-state index in [4.69, 9.17) is 5.73 Å². The molecule has 2 aromatic rings. The maximum Gasteiger partial charge on any atom is 0.258 e. The molecule has 0 aliphatic heterocycles. The van der Waals surface area contributed by atoms with E-state index in [1.165, 1.54) is 23.6 Å². The molecule has 0 saturated heterocycles. The lowest BCUT2D eigenvalue weighted by molar-refractivity contribution is 0.577. The molecular formula is C11H14N4O2S2. The van der Waals surface area contributed by atoms with Crippen LogP contribution >= 0.6 is 11.3 Å². The zero-order valence-electron chi connectivity index (χ0n) is 10.3. The van der Waals surface area contributed by atoms with Crippen molar-refractivity contribution in [1.29, 1.82) is 0 Å². The lowest BCUT2D eigenvalue weighted by Gasteiger charge is -2.05. The van der Waals surface area contributed by atoms with Gasteiger partial charge >= 0.3 is 0 Å². The van der Waals surface area contributed by atoms with Crippen molar-refractivity contribution in [2.45, 2.75) is 25.0 Å². The van der Waals surface area contributed by atoms with Crippen LogP contribution in [0.5, 0.6) is 0 Å². The molecule has 0 spiro atoms. The van der Waals surface area contributed by atoms with Gasteiger partial charge in [0.1, 0.15) is 0 Å². The first-order valence-electron chi connectivity index (χ1n) is 5.57. The summed E-state index contributed by atoms with van der Waals surface area (Å²) >= 11 is 1.45. The maximum atomic E-state index is 12.0.